The van der Waals surface area contributed by atoms with E-state index in [1.807, 2.05) is 36.4 Å². The van der Waals surface area contributed by atoms with Crippen LogP contribution >= 0.6 is 0 Å². The molecule has 0 spiro atoms. The summed E-state index contributed by atoms with van der Waals surface area (Å²) < 4.78 is 5.49. The average molecular weight is 426 g/mol. The fourth-order valence-corrected chi connectivity index (χ4v) is 4.39. The number of likely N-dealkylation sites (tertiary alicyclic amines) is 1. The summed E-state index contributed by atoms with van der Waals surface area (Å²) >= 11 is 0. The van der Waals surface area contributed by atoms with Gasteiger partial charge in [0.25, 0.3) is 0 Å². The van der Waals surface area contributed by atoms with E-state index in [-0.39, 0.29) is 6.04 Å². The number of hydrogen-bond acceptors (Lipinski definition) is 6. The minimum absolute atomic E-state index is 0.241. The number of methoxy groups -OCH3 is 1. The zero-order chi connectivity index (χ0) is 21.8. The van der Waals surface area contributed by atoms with Crippen LogP contribution in [0.5, 0.6) is 5.75 Å². The minimum Gasteiger partial charge on any atom is -0.497 e. The first-order valence-corrected chi connectivity index (χ1v) is 11.1. The Bertz CT molecular complexity index is 1190. The molecule has 6 heteroatoms. The first-order valence-electron chi connectivity index (χ1n) is 11.1. The minimum atomic E-state index is 0.241. The summed E-state index contributed by atoms with van der Waals surface area (Å²) in [6.45, 7) is 2.97. The Morgan fingerprint density at radius 1 is 0.969 bits per heavy atom. The van der Waals surface area contributed by atoms with Gasteiger partial charge in [-0.3, -0.25) is 9.88 Å². The van der Waals surface area contributed by atoms with E-state index in [0.29, 0.717) is 5.82 Å². The topological polar surface area (TPSA) is 63.2 Å². The lowest BCUT2D eigenvalue weighted by Gasteiger charge is -2.29. The molecule has 0 radical (unpaired) electrons. The van der Waals surface area contributed by atoms with Crippen LogP contribution in [0.15, 0.2) is 73.1 Å². The predicted octanol–water partition coefficient (Wildman–Crippen LogP) is 4.95. The maximum atomic E-state index is 5.49. The fraction of sp³-hybridized carbons (Fsp3) is 0.269. The number of hydrogen-bond donors (Lipinski definition) is 1. The maximum Gasteiger partial charge on any atom is 0.162 e. The summed E-state index contributed by atoms with van der Waals surface area (Å²) in [5.74, 6) is 2.45. The number of aromatic nitrogens is 3. The van der Waals surface area contributed by atoms with E-state index < -0.39 is 0 Å². The summed E-state index contributed by atoms with van der Waals surface area (Å²) in [5.41, 5.74) is 3.14. The third-order valence-corrected chi connectivity index (χ3v) is 6.06. The Hall–Kier alpha value is -3.51. The lowest BCUT2D eigenvalue weighted by atomic mass is 10.0. The highest BCUT2D eigenvalue weighted by Crippen LogP contribution is 2.30. The van der Waals surface area contributed by atoms with Crippen molar-refractivity contribution in [1.29, 1.82) is 0 Å². The molecular formula is C26H27N5O. The Kier molecular flexibility index (Phi) is 5.94. The van der Waals surface area contributed by atoms with Gasteiger partial charge in [-0.15, -0.1) is 0 Å². The van der Waals surface area contributed by atoms with Gasteiger partial charge in [0.05, 0.1) is 18.7 Å². The molecule has 1 aliphatic rings. The monoisotopic (exact) mass is 425 g/mol. The summed E-state index contributed by atoms with van der Waals surface area (Å²) in [6, 6.07) is 20.7. The molecule has 6 nitrogen and oxygen atoms in total. The van der Waals surface area contributed by atoms with E-state index in [1.54, 1.807) is 19.5 Å². The number of ether oxygens (including phenoxy) is 1. The van der Waals surface area contributed by atoms with Gasteiger partial charge in [-0.25, -0.2) is 9.97 Å². The van der Waals surface area contributed by atoms with Gasteiger partial charge in [-0.05, 0) is 67.9 Å². The quantitative estimate of drug-likeness (QED) is 0.452. The van der Waals surface area contributed by atoms with Crippen molar-refractivity contribution in [3.05, 3.63) is 78.6 Å². The van der Waals surface area contributed by atoms with Crippen LogP contribution < -0.4 is 10.1 Å². The van der Waals surface area contributed by atoms with Gasteiger partial charge in [-0.1, -0.05) is 24.3 Å². The predicted molar refractivity (Wildman–Crippen MR) is 128 cm³/mol. The van der Waals surface area contributed by atoms with E-state index in [4.69, 9.17) is 14.7 Å². The van der Waals surface area contributed by atoms with Crippen LogP contribution in [-0.2, 0) is 0 Å². The molecule has 1 unspecified atom stereocenters. The van der Waals surface area contributed by atoms with E-state index in [2.05, 4.69) is 39.5 Å². The van der Waals surface area contributed by atoms with Gasteiger partial charge in [-0.2, -0.15) is 0 Å². The zero-order valence-corrected chi connectivity index (χ0v) is 18.2. The van der Waals surface area contributed by atoms with E-state index >= 15 is 0 Å². The molecular weight excluding hydrogens is 398 g/mol. The molecule has 4 aromatic rings. The van der Waals surface area contributed by atoms with Gasteiger partial charge >= 0.3 is 0 Å². The van der Waals surface area contributed by atoms with Crippen LogP contribution in [0.2, 0.25) is 0 Å². The maximum absolute atomic E-state index is 5.49. The second-order valence-electron chi connectivity index (χ2n) is 8.07. The van der Waals surface area contributed by atoms with Gasteiger partial charge < -0.3 is 10.1 Å². The number of nitrogens with one attached hydrogen (secondary N) is 1. The summed E-state index contributed by atoms with van der Waals surface area (Å²) in [5, 5.41) is 4.69. The number of rotatable bonds is 7. The van der Waals surface area contributed by atoms with Crippen molar-refractivity contribution in [3.8, 4) is 17.1 Å². The number of nitrogens with zero attached hydrogens (tertiary/aromatic N) is 4. The Morgan fingerprint density at radius 2 is 1.78 bits per heavy atom. The smallest absolute Gasteiger partial charge is 0.162 e. The van der Waals surface area contributed by atoms with E-state index in [0.717, 1.165) is 47.7 Å². The molecule has 0 amide bonds. The third-order valence-electron chi connectivity index (χ3n) is 6.06. The fourth-order valence-electron chi connectivity index (χ4n) is 4.39. The second kappa shape index (κ2) is 9.32. The Labute approximate surface area is 188 Å². The van der Waals surface area contributed by atoms with Gasteiger partial charge in [0.15, 0.2) is 5.82 Å². The molecule has 3 heterocycles. The number of pyridine rings is 1. The molecule has 1 fully saturated rings. The molecule has 5 rings (SSSR count). The summed E-state index contributed by atoms with van der Waals surface area (Å²) in [7, 11) is 1.72. The van der Waals surface area contributed by atoms with Crippen molar-refractivity contribution in [3.63, 3.8) is 0 Å². The molecule has 1 saturated heterocycles. The van der Waals surface area contributed by atoms with E-state index in [1.165, 1.54) is 18.4 Å². The Balaban J connectivity index is 1.49. The van der Waals surface area contributed by atoms with Crippen LogP contribution in [0.3, 0.4) is 0 Å². The van der Waals surface area contributed by atoms with Gasteiger partial charge in [0, 0.05) is 29.9 Å². The van der Waals surface area contributed by atoms with Crippen LogP contribution in [-0.4, -0.2) is 46.6 Å². The normalized spacial score (nSPS) is 15.0. The number of para-hydroxylation sites is 1. The molecule has 0 bridgehead atoms. The average Bonchev–Trinajstić information content (AvgIpc) is 3.39. The zero-order valence-electron chi connectivity index (χ0n) is 18.2. The molecule has 1 N–H and O–H groups in total. The first kappa shape index (κ1) is 20.4. The third kappa shape index (κ3) is 4.27. The molecule has 2 aromatic heterocycles. The molecule has 1 aliphatic heterocycles. The summed E-state index contributed by atoms with van der Waals surface area (Å²) in [6.07, 6.45) is 6.02. The van der Waals surface area contributed by atoms with Crippen molar-refractivity contribution in [2.24, 2.45) is 0 Å². The molecule has 2 aromatic carbocycles. The van der Waals surface area contributed by atoms with Crippen molar-refractivity contribution in [2.75, 3.05) is 32.1 Å². The largest absolute Gasteiger partial charge is 0.497 e. The highest BCUT2D eigenvalue weighted by Gasteiger charge is 2.24. The SMILES string of the molecule is COc1cccc(C(CNc2nc(-c3ccncc3)nc3ccccc23)N2CCCC2)c1. The number of fused-ring (bicyclic) bond motifs is 1. The highest BCUT2D eigenvalue weighted by atomic mass is 16.5. The van der Waals surface area contributed by atoms with Crippen LogP contribution in [0.25, 0.3) is 22.3 Å². The molecule has 162 valence electrons. The van der Waals surface area contributed by atoms with Crippen molar-refractivity contribution >= 4 is 16.7 Å². The van der Waals surface area contributed by atoms with Crippen LogP contribution in [0, 0.1) is 0 Å². The molecule has 32 heavy (non-hydrogen) atoms. The lowest BCUT2D eigenvalue weighted by Crippen LogP contribution is -2.31. The lowest BCUT2D eigenvalue weighted by molar-refractivity contribution is 0.255. The van der Waals surface area contributed by atoms with Crippen LogP contribution in [0.4, 0.5) is 5.82 Å². The van der Waals surface area contributed by atoms with Crippen molar-refractivity contribution in [1.82, 2.24) is 19.9 Å². The highest BCUT2D eigenvalue weighted by molar-refractivity contribution is 5.90. The van der Waals surface area contributed by atoms with Crippen molar-refractivity contribution in [2.45, 2.75) is 18.9 Å². The Morgan fingerprint density at radius 3 is 2.59 bits per heavy atom. The van der Waals surface area contributed by atoms with Crippen molar-refractivity contribution < 1.29 is 4.74 Å². The molecule has 1 atom stereocenters. The molecule has 0 saturated carbocycles. The van der Waals surface area contributed by atoms with Gasteiger partial charge in [0.2, 0.25) is 0 Å². The number of anilines is 1. The van der Waals surface area contributed by atoms with Crippen LogP contribution in [0.1, 0.15) is 24.4 Å². The number of benzene rings is 2. The van der Waals surface area contributed by atoms with E-state index in [9.17, 15) is 0 Å². The summed E-state index contributed by atoms with van der Waals surface area (Å²) in [4.78, 5) is 16.4. The first-order chi connectivity index (χ1) is 15.8. The molecule has 0 aliphatic carbocycles. The standard InChI is InChI=1S/C26H27N5O/c1-32-21-8-6-7-20(17-21)24(31-15-4-5-16-31)18-28-26-22-9-2-3-10-23(22)29-25(30-26)19-11-13-27-14-12-19/h2-3,6-14,17,24H,4-5,15-16,18H2,1H3,(H,28,29,30). The second-order valence-corrected chi connectivity index (χ2v) is 8.07. The van der Waals surface area contributed by atoms with Gasteiger partial charge in [0.1, 0.15) is 11.6 Å².